The normalized spacial score (nSPS) is 14.1. The highest BCUT2D eigenvalue weighted by atomic mass is 19.1. The summed E-state index contributed by atoms with van der Waals surface area (Å²) in [5.41, 5.74) is 3.04. The Kier molecular flexibility index (Phi) is 8.00. The molecule has 4 rings (SSSR count). The fourth-order valence-corrected chi connectivity index (χ4v) is 3.77. The molecule has 0 bridgehead atoms. The highest BCUT2D eigenvalue weighted by Crippen LogP contribution is 2.24. The zero-order chi connectivity index (χ0) is 22.9. The number of hydrogen-bond acceptors (Lipinski definition) is 5. The number of piperazine rings is 1. The summed E-state index contributed by atoms with van der Waals surface area (Å²) in [6, 6.07) is 20.5. The Morgan fingerprint density at radius 1 is 1.00 bits per heavy atom. The smallest absolute Gasteiger partial charge is 0.224 e. The lowest BCUT2D eigenvalue weighted by Crippen LogP contribution is -2.44. The second kappa shape index (κ2) is 11.5. The van der Waals surface area contributed by atoms with Crippen molar-refractivity contribution in [2.24, 2.45) is 0 Å². The Hall–Kier alpha value is -3.29. The number of benzene rings is 2. The number of pyridine rings is 1. The second-order valence-electron chi connectivity index (χ2n) is 8.06. The molecule has 6 nitrogen and oxygen atoms in total. The molecule has 3 aromatic rings. The van der Waals surface area contributed by atoms with Gasteiger partial charge in [-0.3, -0.25) is 9.69 Å². The molecule has 172 valence electrons. The molecule has 1 amide bonds. The molecule has 0 radical (unpaired) electrons. The first-order chi connectivity index (χ1) is 16.2. The maximum Gasteiger partial charge on any atom is 0.224 e. The van der Waals surface area contributed by atoms with Crippen LogP contribution in [0.1, 0.15) is 11.1 Å². The minimum Gasteiger partial charge on any atom is -0.476 e. The van der Waals surface area contributed by atoms with Crippen LogP contribution in [-0.2, 0) is 17.8 Å². The molecule has 1 saturated heterocycles. The summed E-state index contributed by atoms with van der Waals surface area (Å²) >= 11 is 0. The van der Waals surface area contributed by atoms with Crippen LogP contribution in [0.2, 0.25) is 0 Å². The number of hydrogen-bond donors (Lipinski definition) is 2. The lowest BCUT2D eigenvalue weighted by Gasteiger charge is -2.26. The molecule has 2 heterocycles. The number of nitrogens with zero attached hydrogens (tertiary/aromatic N) is 2. The summed E-state index contributed by atoms with van der Waals surface area (Å²) in [5, 5.41) is 6.23. The van der Waals surface area contributed by atoms with Gasteiger partial charge in [-0.25, -0.2) is 0 Å². The number of rotatable bonds is 9. The fourth-order valence-electron chi connectivity index (χ4n) is 3.77. The predicted molar refractivity (Wildman–Crippen MR) is 126 cm³/mol. The minimum absolute atomic E-state index is 0.0539. The van der Waals surface area contributed by atoms with Crippen molar-refractivity contribution in [1.82, 2.24) is 20.5 Å². The molecule has 0 spiro atoms. The first-order valence-corrected chi connectivity index (χ1v) is 11.3. The van der Waals surface area contributed by atoms with Gasteiger partial charge in [0.05, 0.1) is 6.42 Å². The fraction of sp³-hybridized carbons (Fsp3) is 0.308. The summed E-state index contributed by atoms with van der Waals surface area (Å²) < 4.78 is 20.3. The van der Waals surface area contributed by atoms with Crippen molar-refractivity contribution < 1.29 is 13.9 Å². The van der Waals surface area contributed by atoms with E-state index >= 15 is 0 Å². The molecular weight excluding hydrogens is 419 g/mol. The summed E-state index contributed by atoms with van der Waals surface area (Å²) in [7, 11) is 0. The number of carbonyl (C=O) groups excluding carboxylic acids is 1. The van der Waals surface area contributed by atoms with Gasteiger partial charge in [-0.1, -0.05) is 54.6 Å². The number of nitrogens with one attached hydrogen (secondary N) is 2. The molecule has 0 saturated carbocycles. The maximum atomic E-state index is 14.6. The van der Waals surface area contributed by atoms with Crippen LogP contribution in [0.25, 0.3) is 11.1 Å². The summed E-state index contributed by atoms with van der Waals surface area (Å²) in [5.74, 6) is -0.331. The van der Waals surface area contributed by atoms with Gasteiger partial charge in [-0.2, -0.15) is 9.37 Å². The summed E-state index contributed by atoms with van der Waals surface area (Å²) in [6.07, 6.45) is 0.272. The van der Waals surface area contributed by atoms with Crippen LogP contribution in [0.4, 0.5) is 4.39 Å². The van der Waals surface area contributed by atoms with Crippen molar-refractivity contribution in [3.05, 3.63) is 83.8 Å². The molecule has 7 heteroatoms. The van der Waals surface area contributed by atoms with Crippen molar-refractivity contribution in [2.75, 3.05) is 39.3 Å². The van der Waals surface area contributed by atoms with Gasteiger partial charge < -0.3 is 15.4 Å². The first kappa shape index (κ1) is 22.9. The van der Waals surface area contributed by atoms with E-state index in [2.05, 4.69) is 20.5 Å². The third-order valence-corrected chi connectivity index (χ3v) is 5.65. The van der Waals surface area contributed by atoms with E-state index < -0.39 is 5.95 Å². The van der Waals surface area contributed by atoms with Gasteiger partial charge in [0.15, 0.2) is 0 Å². The first-order valence-electron chi connectivity index (χ1n) is 11.3. The molecule has 1 aliphatic heterocycles. The third-order valence-electron chi connectivity index (χ3n) is 5.65. The van der Waals surface area contributed by atoms with E-state index in [-0.39, 0.29) is 18.2 Å². The quantitative estimate of drug-likeness (QED) is 0.493. The van der Waals surface area contributed by atoms with Crippen molar-refractivity contribution in [3.8, 4) is 17.0 Å². The molecule has 0 aliphatic carbocycles. The molecule has 33 heavy (non-hydrogen) atoms. The van der Waals surface area contributed by atoms with Crippen LogP contribution in [0, 0.1) is 5.95 Å². The zero-order valence-corrected chi connectivity index (χ0v) is 18.6. The standard InChI is InChI=1S/C26H29FN4O2/c27-26-23(10-11-25(30-26)33-17-16-31-14-12-28-13-15-31)22-8-6-20(7-9-22)18-24(32)29-19-21-4-2-1-3-5-21/h1-11,28H,12-19H2,(H,29,32). The number of carbonyl (C=O) groups is 1. The molecule has 0 atom stereocenters. The predicted octanol–water partition coefficient (Wildman–Crippen LogP) is 3.03. The summed E-state index contributed by atoms with van der Waals surface area (Å²) in [4.78, 5) is 18.5. The topological polar surface area (TPSA) is 66.5 Å². The van der Waals surface area contributed by atoms with E-state index in [0.717, 1.165) is 43.9 Å². The van der Waals surface area contributed by atoms with Gasteiger partial charge in [0, 0.05) is 50.9 Å². The maximum absolute atomic E-state index is 14.6. The molecule has 2 aromatic carbocycles. The van der Waals surface area contributed by atoms with Gasteiger partial charge in [-0.15, -0.1) is 0 Å². The van der Waals surface area contributed by atoms with Crippen molar-refractivity contribution in [1.29, 1.82) is 0 Å². The minimum atomic E-state index is -0.567. The number of amides is 1. The van der Waals surface area contributed by atoms with Crippen molar-refractivity contribution in [3.63, 3.8) is 0 Å². The average Bonchev–Trinajstić information content (AvgIpc) is 2.85. The monoisotopic (exact) mass is 448 g/mol. The molecule has 1 aromatic heterocycles. The van der Waals surface area contributed by atoms with Crippen LogP contribution in [0.15, 0.2) is 66.7 Å². The van der Waals surface area contributed by atoms with E-state index in [1.54, 1.807) is 12.1 Å². The molecule has 0 unspecified atom stereocenters. The Morgan fingerprint density at radius 2 is 1.76 bits per heavy atom. The molecule has 1 aliphatic rings. The zero-order valence-electron chi connectivity index (χ0n) is 18.6. The molecular formula is C26H29FN4O2. The van der Waals surface area contributed by atoms with Crippen LogP contribution >= 0.6 is 0 Å². The van der Waals surface area contributed by atoms with Crippen LogP contribution in [-0.4, -0.2) is 55.1 Å². The Labute approximate surface area is 193 Å². The number of aromatic nitrogens is 1. The highest BCUT2D eigenvalue weighted by molar-refractivity contribution is 5.78. The van der Waals surface area contributed by atoms with Crippen molar-refractivity contribution >= 4 is 5.91 Å². The van der Waals surface area contributed by atoms with Gasteiger partial charge in [0.2, 0.25) is 17.7 Å². The van der Waals surface area contributed by atoms with Crippen LogP contribution in [0.5, 0.6) is 5.88 Å². The van der Waals surface area contributed by atoms with Gasteiger partial charge in [0.1, 0.15) is 6.61 Å². The summed E-state index contributed by atoms with van der Waals surface area (Å²) in [6.45, 7) is 5.74. The van der Waals surface area contributed by atoms with E-state index in [1.807, 2.05) is 54.6 Å². The number of ether oxygens (including phenoxy) is 1. The lowest BCUT2D eigenvalue weighted by molar-refractivity contribution is -0.120. The SMILES string of the molecule is O=C(Cc1ccc(-c2ccc(OCCN3CCNCC3)nc2F)cc1)NCc1ccccc1. The van der Waals surface area contributed by atoms with E-state index in [0.29, 0.717) is 24.3 Å². The van der Waals surface area contributed by atoms with Crippen LogP contribution < -0.4 is 15.4 Å². The van der Waals surface area contributed by atoms with E-state index in [1.165, 1.54) is 0 Å². The van der Waals surface area contributed by atoms with Crippen molar-refractivity contribution in [2.45, 2.75) is 13.0 Å². The van der Waals surface area contributed by atoms with Gasteiger partial charge >= 0.3 is 0 Å². The Balaban J connectivity index is 1.28. The van der Waals surface area contributed by atoms with Crippen LogP contribution in [0.3, 0.4) is 0 Å². The van der Waals surface area contributed by atoms with E-state index in [4.69, 9.17) is 4.74 Å². The third kappa shape index (κ3) is 6.84. The number of halogens is 1. The molecule has 2 N–H and O–H groups in total. The molecule has 1 fully saturated rings. The highest BCUT2D eigenvalue weighted by Gasteiger charge is 2.12. The lowest BCUT2D eigenvalue weighted by atomic mass is 10.0. The Bertz CT molecular complexity index is 1040. The largest absolute Gasteiger partial charge is 0.476 e. The average molecular weight is 449 g/mol. The Morgan fingerprint density at radius 3 is 2.48 bits per heavy atom. The van der Waals surface area contributed by atoms with Gasteiger partial charge in [0.25, 0.3) is 0 Å². The van der Waals surface area contributed by atoms with Gasteiger partial charge in [-0.05, 0) is 22.8 Å². The van der Waals surface area contributed by atoms with E-state index in [9.17, 15) is 9.18 Å². The second-order valence-corrected chi connectivity index (χ2v) is 8.06.